The van der Waals surface area contributed by atoms with E-state index in [-0.39, 0.29) is 42.3 Å². The number of rotatable bonds is 12. The van der Waals surface area contributed by atoms with E-state index in [0.29, 0.717) is 47.7 Å². The van der Waals surface area contributed by atoms with Gasteiger partial charge in [-0.05, 0) is 91.7 Å². The van der Waals surface area contributed by atoms with Gasteiger partial charge in [-0.2, -0.15) is 5.06 Å². The van der Waals surface area contributed by atoms with Gasteiger partial charge in [0, 0.05) is 60.7 Å². The minimum absolute atomic E-state index is 0.0202. The Hall–Kier alpha value is -4.49. The Morgan fingerprint density at radius 3 is 2.44 bits per heavy atom. The number of aliphatic hydroxyl groups is 2. The number of carbonyl (C=O) groups is 3. The molecule has 0 radical (unpaired) electrons. The van der Waals surface area contributed by atoms with Gasteiger partial charge < -0.3 is 35.4 Å². The molecule has 57 heavy (non-hydrogen) atoms. The van der Waals surface area contributed by atoms with Crippen LogP contribution in [0.15, 0.2) is 66.7 Å². The number of carbonyl (C=O) groups excluding carboxylic acids is 3. The smallest absolute Gasteiger partial charge is 0.254 e. The molecule has 306 valence electrons. The quantitative estimate of drug-likeness (QED) is 0.192. The molecule has 3 amide bonds. The monoisotopic (exact) mass is 781 g/mol. The van der Waals surface area contributed by atoms with Gasteiger partial charge in [-0.1, -0.05) is 57.2 Å². The molecule has 12 heteroatoms. The Morgan fingerprint density at radius 2 is 1.79 bits per heavy atom. The van der Waals surface area contributed by atoms with Crippen LogP contribution >= 0.6 is 0 Å². The lowest BCUT2D eigenvalue weighted by atomic mass is 9.45. The van der Waals surface area contributed by atoms with Gasteiger partial charge in [0.2, 0.25) is 11.8 Å². The van der Waals surface area contributed by atoms with E-state index >= 15 is 0 Å². The van der Waals surface area contributed by atoms with Crippen LogP contribution in [0.4, 0.5) is 11.4 Å². The third-order valence-electron chi connectivity index (χ3n) is 13.5. The van der Waals surface area contributed by atoms with Crippen molar-refractivity contribution in [2.24, 2.45) is 29.1 Å². The van der Waals surface area contributed by atoms with Crippen molar-refractivity contribution in [2.75, 3.05) is 44.6 Å². The number of para-hydroxylation sites is 2. The van der Waals surface area contributed by atoms with Crippen LogP contribution in [-0.4, -0.2) is 103 Å². The normalized spacial score (nSPS) is 28.3. The highest BCUT2D eigenvalue weighted by molar-refractivity contribution is 6.02. The zero-order valence-corrected chi connectivity index (χ0v) is 34.3. The van der Waals surface area contributed by atoms with Gasteiger partial charge in [0.25, 0.3) is 5.91 Å². The van der Waals surface area contributed by atoms with Crippen molar-refractivity contribution < 1.29 is 34.2 Å². The average molecular weight is 782 g/mol. The summed E-state index contributed by atoms with van der Waals surface area (Å²) in [6.45, 7) is 8.78. The van der Waals surface area contributed by atoms with E-state index in [1.807, 2.05) is 85.7 Å². The van der Waals surface area contributed by atoms with Gasteiger partial charge in [0.05, 0.1) is 26.4 Å². The van der Waals surface area contributed by atoms with Crippen LogP contribution < -0.4 is 20.3 Å². The van der Waals surface area contributed by atoms with E-state index in [1.165, 1.54) is 6.42 Å². The summed E-state index contributed by atoms with van der Waals surface area (Å²) in [5, 5.41) is 29.3. The number of ether oxygens (including phenoxy) is 1. The molecular formula is C45H59N5O7. The fourth-order valence-electron chi connectivity index (χ4n) is 10.2. The lowest BCUT2D eigenvalue weighted by molar-refractivity contribution is -0.183. The van der Waals surface area contributed by atoms with Crippen LogP contribution in [0.3, 0.4) is 0 Å². The highest BCUT2D eigenvalue weighted by Crippen LogP contribution is 2.61. The van der Waals surface area contributed by atoms with Crippen LogP contribution in [-0.2, 0) is 21.0 Å². The van der Waals surface area contributed by atoms with Gasteiger partial charge >= 0.3 is 0 Å². The molecule has 2 saturated heterocycles. The van der Waals surface area contributed by atoms with E-state index in [2.05, 4.69) is 31.4 Å². The van der Waals surface area contributed by atoms with Gasteiger partial charge in [-0.25, -0.2) is 0 Å². The van der Waals surface area contributed by atoms with Gasteiger partial charge in [0.15, 0.2) is 0 Å². The Balaban J connectivity index is 1.16. The van der Waals surface area contributed by atoms with Crippen LogP contribution in [0.2, 0.25) is 0 Å². The molecule has 0 unspecified atom stereocenters. The fraction of sp³-hybridized carbons (Fsp3) is 0.533. The van der Waals surface area contributed by atoms with Crippen molar-refractivity contribution in [2.45, 2.75) is 90.3 Å². The number of anilines is 2. The maximum absolute atomic E-state index is 14.3. The van der Waals surface area contributed by atoms with Gasteiger partial charge in [-0.3, -0.25) is 19.2 Å². The topological polar surface area (TPSA) is 144 Å². The predicted molar refractivity (Wildman–Crippen MR) is 219 cm³/mol. The van der Waals surface area contributed by atoms with Gasteiger partial charge in [0.1, 0.15) is 23.9 Å². The molecule has 8 rings (SSSR count). The lowest BCUT2D eigenvalue weighted by Crippen LogP contribution is -2.62. The molecule has 0 aromatic heterocycles. The van der Waals surface area contributed by atoms with E-state index in [1.54, 1.807) is 24.0 Å². The second-order valence-electron chi connectivity index (χ2n) is 17.4. The van der Waals surface area contributed by atoms with Crippen LogP contribution in [0.25, 0.3) is 11.1 Å². The molecule has 5 aliphatic rings. The van der Waals surface area contributed by atoms with Crippen LogP contribution in [0.1, 0.15) is 69.3 Å². The molecule has 3 aromatic carbocycles. The molecule has 2 aliphatic heterocycles. The molecule has 2 heterocycles. The number of nitrogens with one attached hydrogen (secondary N) is 2. The number of hydroxylamine groups is 2. The van der Waals surface area contributed by atoms with E-state index < -0.39 is 30.2 Å². The SMILES string of the molecule is COc1c(CN2O[C@@H](CO)[C@@H]([C@H](C)O)[C@H]2C(=O)N[C@H]2C[C@H]3C[C@H]([C@@H]2C)C3(C)C)cccc1-c1cc(C(=O)N2CCC[C@H]2C(=O)Nc2ccccc2)cc(N(C)C)c1. The maximum Gasteiger partial charge on any atom is 0.254 e. The third-order valence-corrected chi connectivity index (χ3v) is 13.5. The van der Waals surface area contributed by atoms with Crippen molar-refractivity contribution >= 4 is 29.1 Å². The highest BCUT2D eigenvalue weighted by atomic mass is 16.7. The first-order valence-electron chi connectivity index (χ1n) is 20.4. The number of fused-ring (bicyclic) bond motifs is 2. The minimum Gasteiger partial charge on any atom is -0.496 e. The molecular weight excluding hydrogens is 723 g/mol. The molecule has 9 atom stereocenters. The first kappa shape index (κ1) is 40.7. The van der Waals surface area contributed by atoms with E-state index in [4.69, 9.17) is 9.57 Å². The lowest BCUT2D eigenvalue weighted by Gasteiger charge is -2.62. The molecule has 2 bridgehead atoms. The maximum atomic E-state index is 14.3. The number of nitrogens with zero attached hydrogens (tertiary/aromatic N) is 3. The van der Waals surface area contributed by atoms with Crippen LogP contribution in [0, 0.1) is 29.1 Å². The Kier molecular flexibility index (Phi) is 11.7. The Morgan fingerprint density at radius 1 is 1.04 bits per heavy atom. The third kappa shape index (κ3) is 7.77. The van der Waals surface area contributed by atoms with E-state index in [0.717, 1.165) is 35.2 Å². The van der Waals surface area contributed by atoms with Crippen molar-refractivity contribution in [1.29, 1.82) is 0 Å². The number of benzene rings is 3. The van der Waals surface area contributed by atoms with Crippen molar-refractivity contribution in [3.05, 3.63) is 77.9 Å². The molecule has 4 N–H and O–H groups in total. The minimum atomic E-state index is -0.920. The summed E-state index contributed by atoms with van der Waals surface area (Å²) in [6.07, 6.45) is 1.70. The average Bonchev–Trinajstić information content (AvgIpc) is 3.84. The largest absolute Gasteiger partial charge is 0.496 e. The Bertz CT molecular complexity index is 1950. The summed E-state index contributed by atoms with van der Waals surface area (Å²) in [5.41, 5.74) is 4.41. The number of likely N-dealkylation sites (tertiary alicyclic amines) is 1. The van der Waals surface area contributed by atoms with Gasteiger partial charge in [-0.15, -0.1) is 0 Å². The summed E-state index contributed by atoms with van der Waals surface area (Å²) < 4.78 is 6.10. The molecule has 5 fully saturated rings. The standard InChI is InChI=1S/C45H59N5O7/c1-26-35-22-31(45(35,3)4)23-36(26)47-43(54)40-39(27(2)52)38(25-51)57-50(40)24-28-13-11-16-34(41(28)56-7)29-19-30(21-33(20-29)48(5)6)44(55)49-18-12-17-37(49)42(53)46-32-14-9-8-10-15-32/h8-11,13-16,19-21,26-27,31,35-40,51-52H,12,17-18,22-25H2,1-7H3,(H,46,53)(H,47,54)/t26-,27-,31+,35+,36-,37-,38-,39+,40-/m0/s1. The zero-order chi connectivity index (χ0) is 40.8. The highest BCUT2D eigenvalue weighted by Gasteiger charge is 2.57. The molecule has 0 spiro atoms. The first-order valence-corrected chi connectivity index (χ1v) is 20.4. The molecule has 3 saturated carbocycles. The van der Waals surface area contributed by atoms with Crippen molar-refractivity contribution in [3.8, 4) is 16.9 Å². The van der Waals surface area contributed by atoms with Crippen molar-refractivity contribution in [3.63, 3.8) is 0 Å². The fourth-order valence-corrected chi connectivity index (χ4v) is 10.2. The Labute approximate surface area is 336 Å². The van der Waals surface area contributed by atoms with Crippen LogP contribution in [0.5, 0.6) is 5.75 Å². The summed E-state index contributed by atoms with van der Waals surface area (Å²) >= 11 is 0. The summed E-state index contributed by atoms with van der Waals surface area (Å²) in [4.78, 5) is 51.9. The summed E-state index contributed by atoms with van der Waals surface area (Å²) in [5.74, 6) is 0.634. The summed E-state index contributed by atoms with van der Waals surface area (Å²) in [6, 6.07) is 19.2. The zero-order valence-electron chi connectivity index (χ0n) is 34.3. The predicted octanol–water partition coefficient (Wildman–Crippen LogP) is 5.33. The number of hydrogen-bond donors (Lipinski definition) is 4. The molecule has 3 aromatic rings. The summed E-state index contributed by atoms with van der Waals surface area (Å²) in [7, 11) is 5.42. The van der Waals surface area contributed by atoms with Crippen molar-refractivity contribution in [1.82, 2.24) is 15.3 Å². The number of hydrogen-bond acceptors (Lipinski definition) is 9. The second kappa shape index (κ2) is 16.4. The molecule has 12 nitrogen and oxygen atoms in total. The number of aliphatic hydroxyl groups excluding tert-OH is 2. The number of amides is 3. The van der Waals surface area contributed by atoms with E-state index in [9.17, 15) is 24.6 Å². The second-order valence-corrected chi connectivity index (χ2v) is 17.4. The number of methoxy groups -OCH3 is 1. The molecule has 3 aliphatic carbocycles. The first-order chi connectivity index (χ1) is 27.2.